The molecule has 1 saturated heterocycles. The Hall–Kier alpha value is -2.57. The van der Waals surface area contributed by atoms with Crippen molar-refractivity contribution >= 4 is 11.7 Å². The topological polar surface area (TPSA) is 58.1 Å². The second-order valence-corrected chi connectivity index (χ2v) is 6.26. The highest BCUT2D eigenvalue weighted by molar-refractivity contribution is 5.85. The summed E-state index contributed by atoms with van der Waals surface area (Å²) in [5, 5.41) is 11.0. The molecular weight excluding hydrogens is 326 g/mol. The van der Waals surface area contributed by atoms with Crippen molar-refractivity contribution in [3.8, 4) is 0 Å². The van der Waals surface area contributed by atoms with Crippen LogP contribution in [0.15, 0.2) is 42.6 Å². The summed E-state index contributed by atoms with van der Waals surface area (Å²) in [6.45, 7) is 2.40. The van der Waals surface area contributed by atoms with Crippen LogP contribution in [0.1, 0.15) is 24.0 Å². The van der Waals surface area contributed by atoms with Gasteiger partial charge in [0.25, 0.3) is 5.91 Å². The number of likely N-dealkylation sites (tertiary alicyclic amines) is 1. The van der Waals surface area contributed by atoms with Crippen LogP contribution in [0.3, 0.4) is 0 Å². The third-order valence-corrected chi connectivity index (χ3v) is 4.39. The Morgan fingerprint density at radius 2 is 1.88 bits per heavy atom. The summed E-state index contributed by atoms with van der Waals surface area (Å²) >= 11 is 0. The van der Waals surface area contributed by atoms with Crippen LogP contribution >= 0.6 is 0 Å². The molecule has 1 fully saturated rings. The Morgan fingerprint density at radius 1 is 1.20 bits per heavy atom. The Balaban J connectivity index is 1.60. The van der Waals surface area contributed by atoms with Gasteiger partial charge in [0.2, 0.25) is 0 Å². The number of nitrogens with zero attached hydrogens (tertiary/aromatic N) is 3. The minimum atomic E-state index is -3.50. The molecule has 1 aliphatic rings. The van der Waals surface area contributed by atoms with Crippen molar-refractivity contribution in [1.82, 2.24) is 15.1 Å². The number of amides is 1. The molecule has 1 aromatic carbocycles. The SMILES string of the molecule is Cc1ccc(C(F)(F)C(=O)N2CCC(Nc3cccnn3)CC2)cc1. The summed E-state index contributed by atoms with van der Waals surface area (Å²) in [4.78, 5) is 13.5. The lowest BCUT2D eigenvalue weighted by atomic mass is 10.0. The van der Waals surface area contributed by atoms with Crippen LogP contribution in [0, 0.1) is 6.92 Å². The van der Waals surface area contributed by atoms with Crippen LogP contribution in [0.5, 0.6) is 0 Å². The average molecular weight is 346 g/mol. The first-order valence-corrected chi connectivity index (χ1v) is 8.25. The number of aryl methyl sites for hydroxylation is 1. The lowest BCUT2D eigenvalue weighted by Crippen LogP contribution is -2.48. The summed E-state index contributed by atoms with van der Waals surface area (Å²) < 4.78 is 29.0. The molecule has 0 radical (unpaired) electrons. The van der Waals surface area contributed by atoms with Crippen molar-refractivity contribution in [3.63, 3.8) is 0 Å². The number of carbonyl (C=O) groups is 1. The van der Waals surface area contributed by atoms with Crippen molar-refractivity contribution in [1.29, 1.82) is 0 Å². The number of hydrogen-bond acceptors (Lipinski definition) is 4. The number of benzene rings is 1. The normalized spacial score (nSPS) is 15.9. The van der Waals surface area contributed by atoms with Crippen molar-refractivity contribution in [2.24, 2.45) is 0 Å². The first kappa shape index (κ1) is 17.3. The van der Waals surface area contributed by atoms with Crippen molar-refractivity contribution in [2.45, 2.75) is 31.7 Å². The molecule has 0 unspecified atom stereocenters. The van der Waals surface area contributed by atoms with Crippen LogP contribution in [-0.4, -0.2) is 40.1 Å². The molecule has 1 N–H and O–H groups in total. The molecule has 3 rings (SSSR count). The van der Waals surface area contributed by atoms with Crippen LogP contribution in [0.25, 0.3) is 0 Å². The number of anilines is 1. The molecule has 2 heterocycles. The van der Waals surface area contributed by atoms with Crippen molar-refractivity contribution in [3.05, 3.63) is 53.7 Å². The largest absolute Gasteiger partial charge is 0.366 e. The number of aromatic nitrogens is 2. The molecule has 0 atom stereocenters. The van der Waals surface area contributed by atoms with Crippen LogP contribution in [0.2, 0.25) is 0 Å². The highest BCUT2D eigenvalue weighted by Gasteiger charge is 2.44. The van der Waals surface area contributed by atoms with E-state index in [0.717, 1.165) is 5.56 Å². The molecule has 2 aromatic rings. The average Bonchev–Trinajstić information content (AvgIpc) is 2.63. The fourth-order valence-corrected chi connectivity index (χ4v) is 2.90. The Morgan fingerprint density at radius 3 is 2.48 bits per heavy atom. The summed E-state index contributed by atoms with van der Waals surface area (Å²) in [5.41, 5.74) is 0.616. The number of piperidine rings is 1. The smallest absolute Gasteiger partial charge is 0.349 e. The third kappa shape index (κ3) is 3.92. The van der Waals surface area contributed by atoms with E-state index < -0.39 is 11.8 Å². The van der Waals surface area contributed by atoms with Crippen molar-refractivity contribution < 1.29 is 13.6 Å². The van der Waals surface area contributed by atoms with Crippen LogP contribution < -0.4 is 5.32 Å². The maximum atomic E-state index is 14.5. The zero-order valence-corrected chi connectivity index (χ0v) is 14.0. The zero-order valence-electron chi connectivity index (χ0n) is 14.0. The van der Waals surface area contributed by atoms with Gasteiger partial charge in [-0.25, -0.2) is 0 Å². The second-order valence-electron chi connectivity index (χ2n) is 6.26. The standard InChI is InChI=1S/C18H20F2N4O/c1-13-4-6-14(7-5-13)18(19,20)17(25)24-11-8-15(9-12-24)22-16-3-2-10-21-23-16/h2-7,10,15H,8-9,11-12H2,1H3,(H,22,23). The number of alkyl halides is 2. The van der Waals surface area contributed by atoms with Gasteiger partial charge in [0.05, 0.1) is 0 Å². The summed E-state index contributed by atoms with van der Waals surface area (Å²) in [6, 6.07) is 9.48. The number of rotatable bonds is 4. The van der Waals surface area contributed by atoms with Crippen LogP contribution in [0.4, 0.5) is 14.6 Å². The van der Waals surface area contributed by atoms with Gasteiger partial charge in [-0.3, -0.25) is 4.79 Å². The monoisotopic (exact) mass is 346 g/mol. The summed E-state index contributed by atoms with van der Waals surface area (Å²) in [7, 11) is 0. The molecule has 1 amide bonds. The van der Waals surface area contributed by atoms with Gasteiger partial charge >= 0.3 is 5.92 Å². The number of hydrogen-bond donors (Lipinski definition) is 1. The first-order valence-electron chi connectivity index (χ1n) is 8.25. The molecule has 5 nitrogen and oxygen atoms in total. The summed E-state index contributed by atoms with van der Waals surface area (Å²) in [5.74, 6) is -3.98. The number of nitrogens with one attached hydrogen (secondary N) is 1. The zero-order chi connectivity index (χ0) is 17.9. The minimum Gasteiger partial charge on any atom is -0.366 e. The molecule has 0 aliphatic carbocycles. The quantitative estimate of drug-likeness (QED) is 0.925. The maximum Gasteiger partial charge on any atom is 0.349 e. The molecule has 132 valence electrons. The molecule has 0 bridgehead atoms. The van der Waals surface area contributed by atoms with E-state index in [1.54, 1.807) is 30.5 Å². The predicted octanol–water partition coefficient (Wildman–Crippen LogP) is 2.98. The first-order chi connectivity index (χ1) is 12.0. The lowest BCUT2D eigenvalue weighted by Gasteiger charge is -2.34. The highest BCUT2D eigenvalue weighted by atomic mass is 19.3. The fourth-order valence-electron chi connectivity index (χ4n) is 2.90. The van der Waals surface area contributed by atoms with Gasteiger partial charge < -0.3 is 10.2 Å². The molecule has 25 heavy (non-hydrogen) atoms. The maximum absolute atomic E-state index is 14.5. The lowest BCUT2D eigenvalue weighted by molar-refractivity contribution is -0.160. The molecule has 0 spiro atoms. The Kier molecular flexibility index (Phi) is 4.92. The van der Waals surface area contributed by atoms with E-state index in [9.17, 15) is 13.6 Å². The van der Waals surface area contributed by atoms with Gasteiger partial charge in [-0.2, -0.15) is 13.9 Å². The van der Waals surface area contributed by atoms with E-state index in [4.69, 9.17) is 0 Å². The van der Waals surface area contributed by atoms with Gasteiger partial charge in [0.15, 0.2) is 0 Å². The van der Waals surface area contributed by atoms with E-state index in [1.165, 1.54) is 17.0 Å². The van der Waals surface area contributed by atoms with E-state index >= 15 is 0 Å². The van der Waals surface area contributed by atoms with Gasteiger partial charge in [0.1, 0.15) is 5.82 Å². The van der Waals surface area contributed by atoms with Gasteiger partial charge in [-0.05, 0) is 31.9 Å². The van der Waals surface area contributed by atoms with Gasteiger partial charge in [0, 0.05) is 30.9 Å². The van der Waals surface area contributed by atoms with E-state index in [-0.39, 0.29) is 24.7 Å². The number of halogens is 2. The summed E-state index contributed by atoms with van der Waals surface area (Å²) in [6.07, 6.45) is 2.76. The van der Waals surface area contributed by atoms with E-state index in [0.29, 0.717) is 18.7 Å². The van der Waals surface area contributed by atoms with Gasteiger partial charge in [-0.1, -0.05) is 29.8 Å². The van der Waals surface area contributed by atoms with Crippen LogP contribution in [-0.2, 0) is 10.7 Å². The Bertz CT molecular complexity index is 714. The number of carbonyl (C=O) groups excluding carboxylic acids is 1. The Labute approximate surface area is 145 Å². The highest BCUT2D eigenvalue weighted by Crippen LogP contribution is 2.31. The predicted molar refractivity (Wildman–Crippen MR) is 90.3 cm³/mol. The minimum absolute atomic E-state index is 0.0914. The van der Waals surface area contributed by atoms with Gasteiger partial charge in [-0.15, -0.1) is 5.10 Å². The molecular formula is C18H20F2N4O. The third-order valence-electron chi connectivity index (χ3n) is 4.39. The molecule has 1 aliphatic heterocycles. The van der Waals surface area contributed by atoms with E-state index in [2.05, 4.69) is 15.5 Å². The van der Waals surface area contributed by atoms with E-state index in [1.807, 2.05) is 6.92 Å². The molecule has 7 heteroatoms. The molecule has 0 saturated carbocycles. The fraction of sp³-hybridized carbons (Fsp3) is 0.389. The molecule has 1 aromatic heterocycles. The second kappa shape index (κ2) is 7.13. The van der Waals surface area contributed by atoms with Crippen molar-refractivity contribution in [2.75, 3.05) is 18.4 Å².